The van der Waals surface area contributed by atoms with Crippen molar-refractivity contribution >= 4 is 18.0 Å². The molecule has 2 amide bonds. The summed E-state index contributed by atoms with van der Waals surface area (Å²) in [7, 11) is 0. The van der Waals surface area contributed by atoms with Crippen molar-refractivity contribution < 1.29 is 24.2 Å². The molecule has 2 aromatic rings. The molecule has 0 heterocycles. The van der Waals surface area contributed by atoms with Crippen LogP contribution in [0.1, 0.15) is 62.0 Å². The van der Waals surface area contributed by atoms with Gasteiger partial charge in [-0.3, -0.25) is 9.59 Å². The zero-order valence-electron chi connectivity index (χ0n) is 19.8. The number of carbonyl (C=O) groups excluding carboxylic acids is 2. The van der Waals surface area contributed by atoms with Crippen LogP contribution in [-0.2, 0) is 14.3 Å². The fourth-order valence-corrected chi connectivity index (χ4v) is 5.62. The number of ether oxygens (including phenoxy) is 1. The Hall–Kier alpha value is -3.35. The second-order valence-electron chi connectivity index (χ2n) is 10.1. The first-order valence-corrected chi connectivity index (χ1v) is 12.6. The Bertz CT molecular complexity index is 1080. The molecule has 2 aromatic carbocycles. The predicted octanol–water partition coefficient (Wildman–Crippen LogP) is 4.46. The normalized spacial score (nSPS) is 22.3. The summed E-state index contributed by atoms with van der Waals surface area (Å²) in [6.07, 6.45) is 4.86. The Morgan fingerprint density at radius 1 is 0.914 bits per heavy atom. The summed E-state index contributed by atoms with van der Waals surface area (Å²) in [6.45, 7) is 0.418. The summed E-state index contributed by atoms with van der Waals surface area (Å²) in [4.78, 5) is 37.3. The lowest BCUT2D eigenvalue weighted by Gasteiger charge is -2.26. The Labute approximate surface area is 205 Å². The van der Waals surface area contributed by atoms with Gasteiger partial charge in [-0.05, 0) is 47.9 Å². The second kappa shape index (κ2) is 9.72. The lowest BCUT2D eigenvalue weighted by molar-refractivity contribution is -0.143. The maximum absolute atomic E-state index is 13.0. The van der Waals surface area contributed by atoms with Crippen LogP contribution in [0.3, 0.4) is 0 Å². The molecule has 7 nitrogen and oxygen atoms in total. The fraction of sp³-hybridized carbons (Fsp3) is 0.464. The number of amides is 2. The number of aliphatic carboxylic acids is 1. The van der Waals surface area contributed by atoms with Crippen LogP contribution in [0.4, 0.5) is 4.79 Å². The number of alkyl carbamates (subject to hydrolysis) is 1. The van der Waals surface area contributed by atoms with E-state index >= 15 is 0 Å². The van der Waals surface area contributed by atoms with E-state index in [1.54, 1.807) is 0 Å². The van der Waals surface area contributed by atoms with E-state index in [4.69, 9.17) is 4.74 Å². The second-order valence-corrected chi connectivity index (χ2v) is 10.1. The van der Waals surface area contributed by atoms with Gasteiger partial charge in [0.2, 0.25) is 5.91 Å². The minimum Gasteiger partial charge on any atom is -0.481 e. The first-order valence-electron chi connectivity index (χ1n) is 12.6. The standard InChI is InChI=1S/C28H32N2O5/c31-25(32)22-12-2-1-3-13-24(22)30-26(33)28(14-15-28)17-29-27(34)35-16-23-20-10-6-4-8-18(20)19-9-5-7-11-21(19)23/h4-11,22-24H,1-3,12-17H2,(H,29,34)(H,30,33)(H,31,32). The van der Waals surface area contributed by atoms with Gasteiger partial charge in [0.1, 0.15) is 6.61 Å². The molecule has 0 radical (unpaired) electrons. The van der Waals surface area contributed by atoms with Gasteiger partial charge in [-0.2, -0.15) is 0 Å². The van der Waals surface area contributed by atoms with E-state index in [0.29, 0.717) is 25.7 Å². The zero-order chi connectivity index (χ0) is 24.4. The molecule has 0 spiro atoms. The van der Waals surface area contributed by atoms with Crippen molar-refractivity contribution in [3.05, 3.63) is 59.7 Å². The molecule has 2 fully saturated rings. The first-order chi connectivity index (χ1) is 17.0. The third-order valence-electron chi connectivity index (χ3n) is 7.90. The third kappa shape index (κ3) is 4.77. The van der Waals surface area contributed by atoms with Crippen molar-refractivity contribution in [3.8, 4) is 11.1 Å². The van der Waals surface area contributed by atoms with Crippen molar-refractivity contribution in [3.63, 3.8) is 0 Å². The van der Waals surface area contributed by atoms with Crippen LogP contribution in [0, 0.1) is 11.3 Å². The number of hydrogen-bond donors (Lipinski definition) is 3. The van der Waals surface area contributed by atoms with Gasteiger partial charge in [0.15, 0.2) is 0 Å². The van der Waals surface area contributed by atoms with E-state index < -0.39 is 23.4 Å². The first kappa shape index (κ1) is 23.4. The van der Waals surface area contributed by atoms with Gasteiger partial charge in [-0.15, -0.1) is 0 Å². The Kier molecular flexibility index (Phi) is 6.50. The summed E-state index contributed by atoms with van der Waals surface area (Å²) >= 11 is 0. The van der Waals surface area contributed by atoms with Gasteiger partial charge in [-0.1, -0.05) is 67.8 Å². The van der Waals surface area contributed by atoms with Crippen LogP contribution in [-0.4, -0.2) is 42.3 Å². The fourth-order valence-electron chi connectivity index (χ4n) is 5.62. The molecule has 3 aliphatic rings. The number of fused-ring (bicyclic) bond motifs is 3. The molecule has 5 rings (SSSR count). The Morgan fingerprint density at radius 3 is 2.17 bits per heavy atom. The van der Waals surface area contributed by atoms with Crippen molar-refractivity contribution in [1.82, 2.24) is 10.6 Å². The van der Waals surface area contributed by atoms with Crippen LogP contribution in [0.15, 0.2) is 48.5 Å². The molecule has 3 N–H and O–H groups in total. The highest BCUT2D eigenvalue weighted by Crippen LogP contribution is 2.46. The van der Waals surface area contributed by atoms with E-state index in [2.05, 4.69) is 34.9 Å². The monoisotopic (exact) mass is 476 g/mol. The number of nitrogens with one attached hydrogen (secondary N) is 2. The summed E-state index contributed by atoms with van der Waals surface area (Å²) in [6, 6.07) is 16.0. The number of carboxylic acids is 1. The number of rotatable bonds is 7. The Morgan fingerprint density at radius 2 is 1.54 bits per heavy atom. The number of benzene rings is 2. The molecule has 35 heavy (non-hydrogen) atoms. The molecule has 2 unspecified atom stereocenters. The van der Waals surface area contributed by atoms with E-state index in [1.807, 2.05) is 24.3 Å². The number of hydrogen-bond acceptors (Lipinski definition) is 4. The molecule has 0 bridgehead atoms. The molecule has 0 aromatic heterocycles. The van der Waals surface area contributed by atoms with Crippen molar-refractivity contribution in [2.45, 2.75) is 56.9 Å². The summed E-state index contributed by atoms with van der Waals surface area (Å²) in [5, 5.41) is 15.4. The summed E-state index contributed by atoms with van der Waals surface area (Å²) < 4.78 is 5.60. The average Bonchev–Trinajstić information content (AvgIpc) is 3.63. The van der Waals surface area contributed by atoms with Gasteiger partial charge in [0, 0.05) is 18.5 Å². The Balaban J connectivity index is 1.16. The quantitative estimate of drug-likeness (QED) is 0.512. The van der Waals surface area contributed by atoms with Crippen LogP contribution < -0.4 is 10.6 Å². The van der Waals surface area contributed by atoms with Gasteiger partial charge in [0.05, 0.1) is 11.3 Å². The highest BCUT2D eigenvalue weighted by atomic mass is 16.5. The van der Waals surface area contributed by atoms with E-state index in [-0.39, 0.29) is 31.0 Å². The molecule has 7 heteroatoms. The molecule has 0 saturated heterocycles. The molecular formula is C28H32N2O5. The summed E-state index contributed by atoms with van der Waals surface area (Å²) in [5.74, 6) is -1.57. The predicted molar refractivity (Wildman–Crippen MR) is 131 cm³/mol. The maximum Gasteiger partial charge on any atom is 0.407 e. The lowest BCUT2D eigenvalue weighted by Crippen LogP contribution is -2.48. The van der Waals surface area contributed by atoms with Gasteiger partial charge < -0.3 is 20.5 Å². The van der Waals surface area contributed by atoms with Crippen LogP contribution in [0.5, 0.6) is 0 Å². The summed E-state index contributed by atoms with van der Waals surface area (Å²) in [5.41, 5.74) is 3.97. The van der Waals surface area contributed by atoms with Crippen LogP contribution in [0.25, 0.3) is 11.1 Å². The third-order valence-corrected chi connectivity index (χ3v) is 7.90. The topological polar surface area (TPSA) is 105 Å². The highest BCUT2D eigenvalue weighted by molar-refractivity contribution is 5.87. The van der Waals surface area contributed by atoms with Crippen molar-refractivity contribution in [2.75, 3.05) is 13.2 Å². The minimum absolute atomic E-state index is 0.0190. The molecule has 184 valence electrons. The number of carboxylic acid groups (broad SMARTS) is 1. The van der Waals surface area contributed by atoms with Crippen molar-refractivity contribution in [1.29, 1.82) is 0 Å². The van der Waals surface area contributed by atoms with Gasteiger partial charge in [0.25, 0.3) is 0 Å². The maximum atomic E-state index is 13.0. The average molecular weight is 477 g/mol. The molecule has 2 atom stereocenters. The number of carbonyl (C=O) groups is 3. The largest absolute Gasteiger partial charge is 0.481 e. The zero-order valence-corrected chi connectivity index (χ0v) is 19.8. The molecule has 0 aliphatic heterocycles. The molecular weight excluding hydrogens is 444 g/mol. The van der Waals surface area contributed by atoms with Gasteiger partial charge >= 0.3 is 12.1 Å². The SMILES string of the molecule is O=C(NCC1(C(=O)NC2CCCCCC2C(=O)O)CC1)OCC1c2ccccc2-c2ccccc21. The lowest BCUT2D eigenvalue weighted by atomic mass is 9.93. The van der Waals surface area contributed by atoms with E-state index in [9.17, 15) is 19.5 Å². The molecule has 2 saturated carbocycles. The van der Waals surface area contributed by atoms with E-state index in [0.717, 1.165) is 30.4 Å². The molecule has 3 aliphatic carbocycles. The van der Waals surface area contributed by atoms with Crippen LogP contribution >= 0.6 is 0 Å². The minimum atomic E-state index is -0.848. The smallest absolute Gasteiger partial charge is 0.407 e. The highest BCUT2D eigenvalue weighted by Gasteiger charge is 2.51. The van der Waals surface area contributed by atoms with Crippen molar-refractivity contribution in [2.24, 2.45) is 11.3 Å². The van der Waals surface area contributed by atoms with Crippen LogP contribution in [0.2, 0.25) is 0 Å². The van der Waals surface area contributed by atoms with Gasteiger partial charge in [-0.25, -0.2) is 4.79 Å². The van der Waals surface area contributed by atoms with E-state index in [1.165, 1.54) is 11.1 Å².